The Kier molecular flexibility index (Phi) is 4.43. The van der Waals surface area contributed by atoms with Crippen molar-refractivity contribution < 1.29 is 22.7 Å². The number of ether oxygens (including phenoxy) is 2. The number of carbonyl (C=O) groups is 1. The van der Waals surface area contributed by atoms with Crippen LogP contribution in [0.1, 0.15) is 30.1 Å². The molecule has 0 saturated heterocycles. The Bertz CT molecular complexity index is 985. The van der Waals surface area contributed by atoms with E-state index in [-0.39, 0.29) is 23.6 Å². The summed E-state index contributed by atoms with van der Waals surface area (Å²) in [6.07, 6.45) is 2.24. The van der Waals surface area contributed by atoms with Gasteiger partial charge in [0, 0.05) is 17.7 Å². The van der Waals surface area contributed by atoms with Crippen molar-refractivity contribution in [3.63, 3.8) is 0 Å². The maximum atomic E-state index is 12.7. The first-order valence-corrected chi connectivity index (χ1v) is 10.2. The molecule has 2 aromatic rings. The van der Waals surface area contributed by atoms with Gasteiger partial charge in [-0.2, -0.15) is 0 Å². The standard InChI is InChI=1S/C19H20N2O5S/c1-12(13-5-6-13)20-19(22)14-3-2-4-16(9-14)27(23,24)21-15-7-8-17-18(10-15)26-11-25-17/h2-4,7-10,12-13,21H,5-6,11H2,1H3,(H,20,22)/t12-/m0/s1. The summed E-state index contributed by atoms with van der Waals surface area (Å²) < 4.78 is 38.4. The van der Waals surface area contributed by atoms with Gasteiger partial charge in [0.05, 0.1) is 10.6 Å². The maximum absolute atomic E-state index is 12.7. The summed E-state index contributed by atoms with van der Waals surface area (Å²) in [6.45, 7) is 2.08. The summed E-state index contributed by atoms with van der Waals surface area (Å²) in [4.78, 5) is 12.4. The van der Waals surface area contributed by atoms with Crippen molar-refractivity contribution in [2.45, 2.75) is 30.7 Å². The molecule has 1 atom stereocenters. The minimum absolute atomic E-state index is 0.0203. The second-order valence-corrected chi connectivity index (χ2v) is 8.48. The number of carbonyl (C=O) groups excluding carboxylic acids is 1. The quantitative estimate of drug-likeness (QED) is 0.794. The van der Waals surface area contributed by atoms with Crippen LogP contribution in [0.3, 0.4) is 0 Å². The maximum Gasteiger partial charge on any atom is 0.261 e. The van der Waals surface area contributed by atoms with Crippen molar-refractivity contribution in [1.82, 2.24) is 5.32 Å². The average Bonchev–Trinajstić information content (AvgIpc) is 3.40. The fraction of sp³-hybridized carbons (Fsp3) is 0.316. The Hall–Kier alpha value is -2.74. The second-order valence-electron chi connectivity index (χ2n) is 6.80. The van der Waals surface area contributed by atoms with Crippen molar-refractivity contribution >= 4 is 21.6 Å². The van der Waals surface area contributed by atoms with E-state index in [2.05, 4.69) is 10.0 Å². The Morgan fingerprint density at radius 2 is 1.89 bits per heavy atom. The number of amides is 1. The van der Waals surface area contributed by atoms with E-state index in [0.29, 0.717) is 28.7 Å². The van der Waals surface area contributed by atoms with Crippen LogP contribution in [-0.4, -0.2) is 27.2 Å². The molecule has 0 bridgehead atoms. The fourth-order valence-corrected chi connectivity index (χ4v) is 4.08. The van der Waals surface area contributed by atoms with E-state index in [1.54, 1.807) is 30.3 Å². The molecule has 1 saturated carbocycles. The molecule has 2 aromatic carbocycles. The lowest BCUT2D eigenvalue weighted by Gasteiger charge is -2.14. The van der Waals surface area contributed by atoms with E-state index < -0.39 is 10.0 Å². The monoisotopic (exact) mass is 388 g/mol. The number of benzene rings is 2. The normalized spacial score (nSPS) is 16.6. The minimum Gasteiger partial charge on any atom is -0.454 e. The zero-order valence-corrected chi connectivity index (χ0v) is 15.6. The molecule has 0 spiro atoms. The van der Waals surface area contributed by atoms with Crippen molar-refractivity contribution in [3.05, 3.63) is 48.0 Å². The summed E-state index contributed by atoms with van der Waals surface area (Å²) in [5.41, 5.74) is 0.674. The van der Waals surface area contributed by atoms with E-state index in [0.717, 1.165) is 12.8 Å². The number of anilines is 1. The molecule has 0 radical (unpaired) electrons. The highest BCUT2D eigenvalue weighted by molar-refractivity contribution is 7.92. The fourth-order valence-electron chi connectivity index (χ4n) is 2.98. The first-order valence-electron chi connectivity index (χ1n) is 8.76. The average molecular weight is 388 g/mol. The number of hydrogen-bond donors (Lipinski definition) is 2. The van der Waals surface area contributed by atoms with E-state index >= 15 is 0 Å². The lowest BCUT2D eigenvalue weighted by Crippen LogP contribution is -2.34. The van der Waals surface area contributed by atoms with Crippen LogP contribution in [0.25, 0.3) is 0 Å². The van der Waals surface area contributed by atoms with Gasteiger partial charge in [-0.1, -0.05) is 6.07 Å². The molecule has 1 aliphatic heterocycles. The minimum atomic E-state index is -3.85. The van der Waals surface area contributed by atoms with Crippen molar-refractivity contribution in [1.29, 1.82) is 0 Å². The van der Waals surface area contributed by atoms with Crippen molar-refractivity contribution in [3.8, 4) is 11.5 Å². The van der Waals surface area contributed by atoms with E-state index in [1.165, 1.54) is 12.1 Å². The largest absolute Gasteiger partial charge is 0.454 e. The Labute approximate surface area is 157 Å². The highest BCUT2D eigenvalue weighted by atomic mass is 32.2. The molecule has 27 heavy (non-hydrogen) atoms. The van der Waals surface area contributed by atoms with Gasteiger partial charge in [-0.3, -0.25) is 9.52 Å². The molecule has 4 rings (SSSR count). The van der Waals surface area contributed by atoms with Gasteiger partial charge in [0.25, 0.3) is 15.9 Å². The lowest BCUT2D eigenvalue weighted by atomic mass is 10.1. The summed E-state index contributed by atoms with van der Waals surface area (Å²) in [6, 6.07) is 10.9. The molecule has 1 aliphatic carbocycles. The predicted octanol–water partition coefficient (Wildman–Crippen LogP) is 2.74. The second kappa shape index (κ2) is 6.77. The predicted molar refractivity (Wildman–Crippen MR) is 99.5 cm³/mol. The van der Waals surface area contributed by atoms with Crippen LogP contribution < -0.4 is 19.5 Å². The Morgan fingerprint density at radius 3 is 2.67 bits per heavy atom. The van der Waals surface area contributed by atoms with Crippen LogP contribution in [0.15, 0.2) is 47.4 Å². The van der Waals surface area contributed by atoms with Gasteiger partial charge in [-0.25, -0.2) is 8.42 Å². The number of hydrogen-bond acceptors (Lipinski definition) is 5. The van der Waals surface area contributed by atoms with E-state index in [9.17, 15) is 13.2 Å². The first kappa shape index (κ1) is 17.7. The first-order chi connectivity index (χ1) is 12.9. The van der Waals surface area contributed by atoms with Crippen LogP contribution in [0.4, 0.5) is 5.69 Å². The van der Waals surface area contributed by atoms with E-state index in [1.807, 2.05) is 6.92 Å². The molecule has 142 valence electrons. The zero-order chi connectivity index (χ0) is 19.0. The molecule has 1 amide bonds. The SMILES string of the molecule is C[C@H](NC(=O)c1cccc(S(=O)(=O)Nc2ccc3c(c2)OCO3)c1)C1CC1. The van der Waals surface area contributed by atoms with E-state index in [4.69, 9.17) is 9.47 Å². The van der Waals surface area contributed by atoms with Gasteiger partial charge in [0.2, 0.25) is 6.79 Å². The highest BCUT2D eigenvalue weighted by Gasteiger charge is 2.29. The third-order valence-electron chi connectivity index (χ3n) is 4.72. The highest BCUT2D eigenvalue weighted by Crippen LogP contribution is 2.35. The topological polar surface area (TPSA) is 93.7 Å². The summed E-state index contributed by atoms with van der Waals surface area (Å²) >= 11 is 0. The van der Waals surface area contributed by atoms with Crippen LogP contribution in [0, 0.1) is 5.92 Å². The van der Waals surface area contributed by atoms with Gasteiger partial charge in [-0.15, -0.1) is 0 Å². The van der Waals surface area contributed by atoms with Crippen LogP contribution >= 0.6 is 0 Å². The molecule has 2 N–H and O–H groups in total. The summed E-state index contributed by atoms with van der Waals surface area (Å²) in [5.74, 6) is 1.31. The number of rotatable bonds is 6. The summed E-state index contributed by atoms with van der Waals surface area (Å²) in [7, 11) is -3.85. The van der Waals surface area contributed by atoms with Crippen molar-refractivity contribution in [2.24, 2.45) is 5.92 Å². The number of sulfonamides is 1. The molecule has 2 aliphatic rings. The van der Waals surface area contributed by atoms with Gasteiger partial charge in [0.1, 0.15) is 0 Å². The molecule has 7 nitrogen and oxygen atoms in total. The van der Waals surface area contributed by atoms with Crippen LogP contribution in [0.5, 0.6) is 11.5 Å². The smallest absolute Gasteiger partial charge is 0.261 e. The van der Waals surface area contributed by atoms with Gasteiger partial charge in [-0.05, 0) is 56.0 Å². The summed E-state index contributed by atoms with van der Waals surface area (Å²) in [5, 5.41) is 2.93. The molecular formula is C19H20N2O5S. The molecular weight excluding hydrogens is 368 g/mol. The van der Waals surface area contributed by atoms with Gasteiger partial charge >= 0.3 is 0 Å². The van der Waals surface area contributed by atoms with Gasteiger partial charge in [0.15, 0.2) is 11.5 Å². The van der Waals surface area contributed by atoms with Gasteiger partial charge < -0.3 is 14.8 Å². The molecule has 0 aromatic heterocycles. The van der Waals surface area contributed by atoms with Crippen molar-refractivity contribution in [2.75, 3.05) is 11.5 Å². The molecule has 1 fully saturated rings. The number of fused-ring (bicyclic) bond motifs is 1. The zero-order valence-electron chi connectivity index (χ0n) is 14.8. The Balaban J connectivity index is 1.52. The third kappa shape index (κ3) is 3.85. The Morgan fingerprint density at radius 1 is 1.11 bits per heavy atom. The third-order valence-corrected chi connectivity index (χ3v) is 6.10. The van der Waals surface area contributed by atoms with Crippen LogP contribution in [-0.2, 0) is 10.0 Å². The number of nitrogens with one attached hydrogen (secondary N) is 2. The molecule has 8 heteroatoms. The molecule has 1 heterocycles. The molecule has 0 unspecified atom stereocenters. The lowest BCUT2D eigenvalue weighted by molar-refractivity contribution is 0.0935. The van der Waals surface area contributed by atoms with Crippen LogP contribution in [0.2, 0.25) is 0 Å².